The Kier molecular flexibility index (Phi) is 13.4. The number of thiol groups is 1. The van der Waals surface area contributed by atoms with Gasteiger partial charge in [0.05, 0.1) is 0 Å². The van der Waals surface area contributed by atoms with Crippen LogP contribution in [0.25, 0.3) is 0 Å². The van der Waals surface area contributed by atoms with E-state index in [9.17, 15) is 9.59 Å². The van der Waals surface area contributed by atoms with E-state index < -0.39 is 5.60 Å². The molecule has 4 aliphatic heterocycles. The Hall–Kier alpha value is -2.13. The number of carbonyl (C=O) groups is 2. The maximum absolute atomic E-state index is 12.2. The summed E-state index contributed by atoms with van der Waals surface area (Å²) in [5.41, 5.74) is 1.81. The summed E-state index contributed by atoms with van der Waals surface area (Å²) in [5.74, 6) is 4.00. The predicted molar refractivity (Wildman–Crippen MR) is 191 cm³/mol. The van der Waals surface area contributed by atoms with Gasteiger partial charge in [-0.25, -0.2) is 9.59 Å². The number of nitrogens with zero attached hydrogens (tertiary/aromatic N) is 3. The van der Waals surface area contributed by atoms with Crippen LogP contribution in [0.5, 0.6) is 0 Å². The Morgan fingerprint density at radius 2 is 1.02 bits per heavy atom. The lowest BCUT2D eigenvalue weighted by Crippen LogP contribution is -2.44. The number of amides is 2. The highest BCUT2D eigenvalue weighted by atomic mass is 32.1. The summed E-state index contributed by atoms with van der Waals surface area (Å²) in [7, 11) is 0. The molecule has 4 saturated heterocycles. The molecule has 4 heterocycles. The van der Waals surface area contributed by atoms with Crippen LogP contribution in [-0.4, -0.2) is 85.5 Å². The third-order valence-corrected chi connectivity index (χ3v) is 10.5. The van der Waals surface area contributed by atoms with Gasteiger partial charge in [-0.2, -0.15) is 12.6 Å². The quantitative estimate of drug-likeness (QED) is 0.325. The Labute approximate surface area is 284 Å². The fourth-order valence-electron chi connectivity index (χ4n) is 7.52. The van der Waals surface area contributed by atoms with Crippen LogP contribution in [0.1, 0.15) is 98.5 Å². The van der Waals surface area contributed by atoms with Gasteiger partial charge in [0.2, 0.25) is 0 Å². The van der Waals surface area contributed by atoms with Gasteiger partial charge in [-0.05, 0) is 147 Å². The summed E-state index contributed by atoms with van der Waals surface area (Å²) in [6.45, 7) is 19.6. The number of nitrogens with one attached hydrogen (secondary N) is 1. The van der Waals surface area contributed by atoms with Gasteiger partial charge >= 0.3 is 12.2 Å². The molecule has 8 nitrogen and oxygen atoms in total. The highest BCUT2D eigenvalue weighted by Crippen LogP contribution is 2.35. The summed E-state index contributed by atoms with van der Waals surface area (Å²) in [6, 6.07) is 8.82. The number of likely N-dealkylation sites (tertiary alicyclic amines) is 2. The monoisotopic (exact) mass is 658 g/mol. The first-order valence-corrected chi connectivity index (χ1v) is 18.6. The van der Waals surface area contributed by atoms with Crippen molar-refractivity contribution in [2.24, 2.45) is 23.7 Å². The van der Waals surface area contributed by atoms with Crippen LogP contribution in [0, 0.1) is 23.7 Å². The van der Waals surface area contributed by atoms with Gasteiger partial charge in [-0.1, -0.05) is 12.1 Å². The molecule has 5 rings (SSSR count). The second kappa shape index (κ2) is 16.8. The number of hydrogen-bond acceptors (Lipinski definition) is 7. The first kappa shape index (κ1) is 36.7. The van der Waals surface area contributed by atoms with Crippen molar-refractivity contribution in [2.75, 3.05) is 57.3 Å². The van der Waals surface area contributed by atoms with Gasteiger partial charge in [0.25, 0.3) is 0 Å². The summed E-state index contributed by atoms with van der Waals surface area (Å²) in [6.07, 6.45) is 9.33. The van der Waals surface area contributed by atoms with Crippen LogP contribution in [0.2, 0.25) is 0 Å². The average Bonchev–Trinajstić information content (AvgIpc) is 3.04. The second-order valence-electron chi connectivity index (χ2n) is 15.8. The Morgan fingerprint density at radius 1 is 0.652 bits per heavy atom. The SMILES string of the molecule is CC(C)(C)OC(=O)N1CCC(C2CCN(c3ccc(CS)cc3)CC2)CC1.CC(C)(C)OC(=O)N1CCC(C2CCNCC2)CC1. The highest BCUT2D eigenvalue weighted by molar-refractivity contribution is 7.79. The molecular formula is C37H62N4O4S. The summed E-state index contributed by atoms with van der Waals surface area (Å²) < 4.78 is 10.9. The molecule has 46 heavy (non-hydrogen) atoms. The maximum atomic E-state index is 12.2. The zero-order valence-electron chi connectivity index (χ0n) is 29.6. The van der Waals surface area contributed by atoms with Gasteiger partial charge in [-0.3, -0.25) is 0 Å². The van der Waals surface area contributed by atoms with Crippen molar-refractivity contribution in [3.63, 3.8) is 0 Å². The van der Waals surface area contributed by atoms with E-state index >= 15 is 0 Å². The van der Waals surface area contributed by atoms with Crippen molar-refractivity contribution in [1.29, 1.82) is 0 Å². The number of hydrogen-bond donors (Lipinski definition) is 2. The third-order valence-electron chi connectivity index (χ3n) is 10.1. The summed E-state index contributed by atoms with van der Waals surface area (Å²) in [4.78, 5) is 30.5. The van der Waals surface area contributed by atoms with E-state index in [1.807, 2.05) is 51.3 Å². The first-order valence-electron chi connectivity index (χ1n) is 17.9. The zero-order valence-corrected chi connectivity index (χ0v) is 30.5. The number of benzene rings is 1. The van der Waals surface area contributed by atoms with Gasteiger partial charge in [-0.15, -0.1) is 0 Å². The number of ether oxygens (including phenoxy) is 2. The highest BCUT2D eigenvalue weighted by Gasteiger charge is 2.33. The minimum atomic E-state index is -0.411. The third kappa shape index (κ3) is 11.5. The van der Waals surface area contributed by atoms with Crippen LogP contribution < -0.4 is 10.2 Å². The Bertz CT molecular complexity index is 1070. The zero-order chi connectivity index (χ0) is 33.3. The molecule has 0 bridgehead atoms. The van der Waals surface area contributed by atoms with E-state index in [0.717, 1.165) is 107 Å². The van der Waals surface area contributed by atoms with Crippen LogP contribution in [-0.2, 0) is 15.2 Å². The van der Waals surface area contributed by atoms with Crippen molar-refractivity contribution < 1.29 is 19.1 Å². The molecule has 0 aromatic heterocycles. The van der Waals surface area contributed by atoms with Gasteiger partial charge in [0, 0.05) is 50.7 Å². The minimum Gasteiger partial charge on any atom is -0.444 e. The van der Waals surface area contributed by atoms with Crippen molar-refractivity contribution in [3.8, 4) is 0 Å². The first-order chi connectivity index (χ1) is 21.8. The molecule has 0 spiro atoms. The fraction of sp³-hybridized carbons (Fsp3) is 0.784. The number of rotatable bonds is 4. The molecule has 4 aliphatic rings. The van der Waals surface area contributed by atoms with Crippen LogP contribution >= 0.6 is 12.6 Å². The number of anilines is 1. The lowest BCUT2D eigenvalue weighted by molar-refractivity contribution is 0.0142. The predicted octanol–water partition coefficient (Wildman–Crippen LogP) is 7.61. The molecular weight excluding hydrogens is 596 g/mol. The Balaban J connectivity index is 0.000000222. The molecule has 1 N–H and O–H groups in total. The molecule has 0 unspecified atom stereocenters. The van der Waals surface area contributed by atoms with Crippen LogP contribution in [0.15, 0.2) is 24.3 Å². The number of carbonyl (C=O) groups excluding carboxylic acids is 2. The van der Waals surface area contributed by atoms with E-state index in [2.05, 4.69) is 47.1 Å². The van der Waals surface area contributed by atoms with Crippen LogP contribution in [0.3, 0.4) is 0 Å². The molecule has 0 saturated carbocycles. The van der Waals surface area contributed by atoms with Crippen molar-refractivity contribution >= 4 is 30.5 Å². The molecule has 9 heteroatoms. The molecule has 1 aromatic carbocycles. The standard InChI is InChI=1S/C22H34N2O2S.C15H28N2O2/c1-22(2,3)26-21(25)24-14-10-19(11-15-24)18-8-12-23(13-9-18)20-6-4-17(16-27)5-7-20;1-15(2,3)19-14(18)17-10-6-13(7-11-17)12-4-8-16-9-5-12/h4-7,18-19,27H,8-16H2,1-3H3;12-13,16H,4-11H2,1-3H3. The normalized spacial score (nSPS) is 21.4. The summed E-state index contributed by atoms with van der Waals surface area (Å²) >= 11 is 4.33. The van der Waals surface area contributed by atoms with E-state index in [-0.39, 0.29) is 17.8 Å². The molecule has 4 fully saturated rings. The molecule has 2 amide bonds. The maximum Gasteiger partial charge on any atom is 0.410 e. The van der Waals surface area contributed by atoms with Crippen molar-refractivity contribution in [2.45, 2.75) is 110 Å². The largest absolute Gasteiger partial charge is 0.444 e. The molecule has 260 valence electrons. The lowest BCUT2D eigenvalue weighted by Gasteiger charge is -2.41. The molecule has 0 atom stereocenters. The van der Waals surface area contributed by atoms with E-state index in [1.54, 1.807) is 0 Å². The van der Waals surface area contributed by atoms with E-state index in [0.29, 0.717) is 0 Å². The van der Waals surface area contributed by atoms with Gasteiger partial charge in [0.1, 0.15) is 11.2 Å². The van der Waals surface area contributed by atoms with Crippen molar-refractivity contribution in [3.05, 3.63) is 29.8 Å². The summed E-state index contributed by atoms with van der Waals surface area (Å²) in [5, 5.41) is 3.42. The lowest BCUT2D eigenvalue weighted by atomic mass is 9.79. The average molecular weight is 659 g/mol. The van der Waals surface area contributed by atoms with E-state index in [1.165, 1.54) is 36.9 Å². The molecule has 0 aliphatic carbocycles. The topological polar surface area (TPSA) is 74.4 Å². The van der Waals surface area contributed by atoms with Crippen molar-refractivity contribution in [1.82, 2.24) is 15.1 Å². The Morgan fingerprint density at radius 3 is 1.39 bits per heavy atom. The molecule has 1 aromatic rings. The minimum absolute atomic E-state index is 0.142. The van der Waals surface area contributed by atoms with Crippen LogP contribution in [0.4, 0.5) is 15.3 Å². The smallest absolute Gasteiger partial charge is 0.410 e. The fourth-order valence-corrected chi connectivity index (χ4v) is 7.73. The van der Waals surface area contributed by atoms with E-state index in [4.69, 9.17) is 9.47 Å². The van der Waals surface area contributed by atoms with Gasteiger partial charge < -0.3 is 29.5 Å². The second-order valence-corrected chi connectivity index (χ2v) is 16.2. The molecule has 0 radical (unpaired) electrons. The number of piperidine rings is 4. The van der Waals surface area contributed by atoms with Gasteiger partial charge in [0.15, 0.2) is 0 Å².